The Hall–Kier alpha value is -3.15. The normalized spacial score (nSPS) is 17.1. The number of hydrogen-bond acceptors (Lipinski definition) is 4. The van der Waals surface area contributed by atoms with Gasteiger partial charge < -0.3 is 10.2 Å². The zero-order valence-electron chi connectivity index (χ0n) is 15.7. The topological polar surface area (TPSA) is 69.7 Å². The Labute approximate surface area is 164 Å². The maximum absolute atomic E-state index is 12.6. The SMILES string of the molecule is O=C(Nc1ccc(N2CCCCC2)cc1)c1cccc(N2C(=O)CCC2=O)c1. The Morgan fingerprint density at radius 2 is 1.50 bits per heavy atom. The summed E-state index contributed by atoms with van der Waals surface area (Å²) in [5.41, 5.74) is 2.74. The van der Waals surface area contributed by atoms with Crippen molar-refractivity contribution in [1.29, 1.82) is 0 Å². The summed E-state index contributed by atoms with van der Waals surface area (Å²) in [6.07, 6.45) is 4.17. The van der Waals surface area contributed by atoms with Crippen molar-refractivity contribution in [3.05, 3.63) is 54.1 Å². The minimum Gasteiger partial charge on any atom is -0.372 e. The lowest BCUT2D eigenvalue weighted by Gasteiger charge is -2.28. The first-order valence-corrected chi connectivity index (χ1v) is 9.74. The van der Waals surface area contributed by atoms with Gasteiger partial charge in [-0.05, 0) is 61.7 Å². The lowest BCUT2D eigenvalue weighted by molar-refractivity contribution is -0.121. The lowest BCUT2D eigenvalue weighted by Crippen LogP contribution is -2.29. The molecular formula is C22H23N3O3. The molecule has 2 fully saturated rings. The Balaban J connectivity index is 1.45. The second-order valence-corrected chi connectivity index (χ2v) is 7.22. The van der Waals surface area contributed by atoms with Crippen LogP contribution in [0.25, 0.3) is 0 Å². The van der Waals surface area contributed by atoms with Gasteiger partial charge in [-0.25, -0.2) is 0 Å². The van der Waals surface area contributed by atoms with Crippen LogP contribution in [0.1, 0.15) is 42.5 Å². The average Bonchev–Trinajstić information content (AvgIpc) is 3.07. The quantitative estimate of drug-likeness (QED) is 0.827. The highest BCUT2D eigenvalue weighted by Crippen LogP contribution is 2.25. The minimum atomic E-state index is -0.272. The van der Waals surface area contributed by atoms with Crippen LogP contribution in [-0.2, 0) is 9.59 Å². The minimum absolute atomic E-state index is 0.221. The number of nitrogens with one attached hydrogen (secondary N) is 1. The van der Waals surface area contributed by atoms with E-state index < -0.39 is 0 Å². The van der Waals surface area contributed by atoms with Crippen LogP contribution in [-0.4, -0.2) is 30.8 Å². The maximum atomic E-state index is 12.6. The van der Waals surface area contributed by atoms with Crippen LogP contribution >= 0.6 is 0 Å². The summed E-state index contributed by atoms with van der Waals surface area (Å²) in [6, 6.07) is 14.5. The zero-order valence-corrected chi connectivity index (χ0v) is 15.7. The van der Waals surface area contributed by atoms with Gasteiger partial charge in [0.1, 0.15) is 0 Å². The number of nitrogens with zero attached hydrogens (tertiary/aromatic N) is 2. The maximum Gasteiger partial charge on any atom is 0.255 e. The first-order valence-electron chi connectivity index (χ1n) is 9.74. The predicted octanol–water partition coefficient (Wildman–Crippen LogP) is 3.58. The van der Waals surface area contributed by atoms with E-state index in [-0.39, 0.29) is 30.6 Å². The molecule has 2 aliphatic heterocycles. The van der Waals surface area contributed by atoms with E-state index >= 15 is 0 Å². The van der Waals surface area contributed by atoms with Crippen molar-refractivity contribution < 1.29 is 14.4 Å². The second kappa shape index (κ2) is 7.84. The van der Waals surface area contributed by atoms with E-state index in [0.717, 1.165) is 18.0 Å². The summed E-state index contributed by atoms with van der Waals surface area (Å²) in [7, 11) is 0. The van der Waals surface area contributed by atoms with Crippen LogP contribution in [0.2, 0.25) is 0 Å². The molecule has 0 unspecified atom stereocenters. The first kappa shape index (κ1) is 18.2. The smallest absolute Gasteiger partial charge is 0.255 e. The lowest BCUT2D eigenvalue weighted by atomic mass is 10.1. The van der Waals surface area contributed by atoms with Crippen LogP contribution < -0.4 is 15.1 Å². The van der Waals surface area contributed by atoms with Crippen molar-refractivity contribution in [2.75, 3.05) is 28.2 Å². The van der Waals surface area contributed by atoms with Gasteiger partial charge in [-0.15, -0.1) is 0 Å². The molecular weight excluding hydrogens is 354 g/mol. The van der Waals surface area contributed by atoms with Crippen molar-refractivity contribution in [3.63, 3.8) is 0 Å². The number of anilines is 3. The van der Waals surface area contributed by atoms with Crippen molar-refractivity contribution in [3.8, 4) is 0 Å². The van der Waals surface area contributed by atoms with Gasteiger partial charge >= 0.3 is 0 Å². The fourth-order valence-electron chi connectivity index (χ4n) is 3.76. The standard InChI is InChI=1S/C22H23N3O3/c26-20-11-12-21(27)25(20)19-6-4-5-16(15-19)22(28)23-17-7-9-18(10-8-17)24-13-2-1-3-14-24/h4-10,15H,1-3,11-14H2,(H,23,28). The Morgan fingerprint density at radius 3 is 2.18 bits per heavy atom. The van der Waals surface area contributed by atoms with Gasteiger partial charge in [0.05, 0.1) is 5.69 Å². The molecule has 6 heteroatoms. The van der Waals surface area contributed by atoms with E-state index in [1.807, 2.05) is 24.3 Å². The van der Waals surface area contributed by atoms with Gasteiger partial charge in [-0.3, -0.25) is 19.3 Å². The highest BCUT2D eigenvalue weighted by molar-refractivity contribution is 6.20. The highest BCUT2D eigenvalue weighted by Gasteiger charge is 2.30. The number of benzene rings is 2. The fraction of sp³-hybridized carbons (Fsp3) is 0.318. The first-order chi connectivity index (χ1) is 13.6. The molecule has 0 saturated carbocycles. The van der Waals surface area contributed by atoms with Crippen molar-refractivity contribution >= 4 is 34.8 Å². The molecule has 0 radical (unpaired) electrons. The van der Waals surface area contributed by atoms with Crippen molar-refractivity contribution in [1.82, 2.24) is 0 Å². The molecule has 4 rings (SSSR count). The van der Waals surface area contributed by atoms with E-state index in [1.165, 1.54) is 24.9 Å². The highest BCUT2D eigenvalue weighted by atomic mass is 16.2. The number of piperidine rings is 1. The van der Waals surface area contributed by atoms with Gasteiger partial charge in [-0.1, -0.05) is 6.07 Å². The van der Waals surface area contributed by atoms with E-state index in [0.29, 0.717) is 16.9 Å². The molecule has 0 aliphatic carbocycles. The Bertz CT molecular complexity index is 885. The van der Waals surface area contributed by atoms with Crippen LogP contribution in [0, 0.1) is 0 Å². The van der Waals surface area contributed by atoms with Gasteiger partial charge in [-0.2, -0.15) is 0 Å². The van der Waals surface area contributed by atoms with Gasteiger partial charge in [0.25, 0.3) is 5.91 Å². The number of hydrogen-bond donors (Lipinski definition) is 1. The number of amides is 3. The van der Waals surface area contributed by atoms with E-state index in [1.54, 1.807) is 24.3 Å². The Kier molecular flexibility index (Phi) is 5.10. The number of imide groups is 1. The van der Waals surface area contributed by atoms with Gasteiger partial charge in [0.2, 0.25) is 11.8 Å². The summed E-state index contributed by atoms with van der Waals surface area (Å²) >= 11 is 0. The monoisotopic (exact) mass is 377 g/mol. The van der Waals surface area contributed by atoms with E-state index in [2.05, 4.69) is 10.2 Å². The fourth-order valence-corrected chi connectivity index (χ4v) is 3.76. The second-order valence-electron chi connectivity index (χ2n) is 7.22. The number of carbonyl (C=O) groups is 3. The molecule has 2 aromatic rings. The average molecular weight is 377 g/mol. The van der Waals surface area contributed by atoms with Gasteiger partial charge in [0, 0.05) is 42.9 Å². The third kappa shape index (κ3) is 3.76. The number of rotatable bonds is 4. The molecule has 1 N–H and O–H groups in total. The molecule has 0 spiro atoms. The molecule has 2 aromatic carbocycles. The predicted molar refractivity (Wildman–Crippen MR) is 109 cm³/mol. The summed E-state index contributed by atoms with van der Waals surface area (Å²) < 4.78 is 0. The summed E-state index contributed by atoms with van der Waals surface area (Å²) in [4.78, 5) is 40.0. The van der Waals surface area contributed by atoms with Gasteiger partial charge in [0.15, 0.2) is 0 Å². The molecule has 3 amide bonds. The van der Waals surface area contributed by atoms with E-state index in [9.17, 15) is 14.4 Å². The largest absolute Gasteiger partial charge is 0.372 e. The third-order valence-corrected chi connectivity index (χ3v) is 5.26. The molecule has 2 heterocycles. The van der Waals surface area contributed by atoms with Crippen LogP contribution in [0.5, 0.6) is 0 Å². The molecule has 28 heavy (non-hydrogen) atoms. The molecule has 144 valence electrons. The number of carbonyl (C=O) groups excluding carboxylic acids is 3. The molecule has 6 nitrogen and oxygen atoms in total. The van der Waals surface area contributed by atoms with Crippen LogP contribution in [0.15, 0.2) is 48.5 Å². The zero-order chi connectivity index (χ0) is 19.5. The molecule has 0 aromatic heterocycles. The van der Waals surface area contributed by atoms with Crippen molar-refractivity contribution in [2.24, 2.45) is 0 Å². The third-order valence-electron chi connectivity index (χ3n) is 5.26. The summed E-state index contributed by atoms with van der Waals surface area (Å²) in [6.45, 7) is 2.15. The summed E-state index contributed by atoms with van der Waals surface area (Å²) in [5.74, 6) is -0.724. The molecule has 2 aliphatic rings. The summed E-state index contributed by atoms with van der Waals surface area (Å²) in [5, 5.41) is 2.88. The van der Waals surface area contributed by atoms with Crippen molar-refractivity contribution in [2.45, 2.75) is 32.1 Å². The van der Waals surface area contributed by atoms with Crippen LogP contribution in [0.4, 0.5) is 17.1 Å². The van der Waals surface area contributed by atoms with Crippen LogP contribution in [0.3, 0.4) is 0 Å². The van der Waals surface area contributed by atoms with E-state index in [4.69, 9.17) is 0 Å². The molecule has 0 atom stereocenters. The Morgan fingerprint density at radius 1 is 0.821 bits per heavy atom. The molecule has 0 bridgehead atoms. The molecule has 2 saturated heterocycles.